The molecule has 20 heavy (non-hydrogen) atoms. The molecule has 0 aliphatic rings. The van der Waals surface area contributed by atoms with E-state index in [0.717, 1.165) is 0 Å². The van der Waals surface area contributed by atoms with Crippen LogP contribution in [0.3, 0.4) is 0 Å². The Hall–Kier alpha value is -1.88. The molecule has 0 saturated heterocycles. The third kappa shape index (κ3) is 3.81. The van der Waals surface area contributed by atoms with Crippen molar-refractivity contribution in [1.82, 2.24) is 5.32 Å². The normalized spacial score (nSPS) is 12.8. The minimum atomic E-state index is -0.942. The van der Waals surface area contributed by atoms with Crippen LogP contribution in [0.25, 0.3) is 0 Å². The van der Waals surface area contributed by atoms with Crippen molar-refractivity contribution < 1.29 is 14.7 Å². The van der Waals surface area contributed by atoms with Crippen LogP contribution < -0.4 is 10.6 Å². The molecule has 0 radical (unpaired) electrons. The number of aliphatic carboxylic acids is 1. The molecule has 0 fully saturated rings. The van der Waals surface area contributed by atoms with Crippen LogP contribution in [0.15, 0.2) is 24.3 Å². The lowest BCUT2D eigenvalue weighted by atomic mass is 9.85. The van der Waals surface area contributed by atoms with E-state index in [4.69, 9.17) is 5.11 Å². The maximum atomic E-state index is 11.8. The Labute approximate surface area is 119 Å². The fourth-order valence-corrected chi connectivity index (χ4v) is 1.76. The molecule has 1 amide bonds. The molecule has 5 nitrogen and oxygen atoms in total. The Kier molecular flexibility index (Phi) is 5.27. The van der Waals surface area contributed by atoms with Crippen molar-refractivity contribution in [3.8, 4) is 0 Å². The van der Waals surface area contributed by atoms with Gasteiger partial charge < -0.3 is 15.7 Å². The minimum absolute atomic E-state index is 0.0652. The van der Waals surface area contributed by atoms with Crippen LogP contribution >= 0.6 is 0 Å². The van der Waals surface area contributed by atoms with E-state index in [1.807, 2.05) is 6.92 Å². The number of carboxylic acids is 1. The number of rotatable bonds is 6. The van der Waals surface area contributed by atoms with E-state index in [0.29, 0.717) is 17.8 Å². The number of carbonyl (C=O) groups excluding carboxylic acids is 1. The lowest BCUT2D eigenvalue weighted by Crippen LogP contribution is -2.29. The number of hydrogen-bond acceptors (Lipinski definition) is 3. The van der Waals surface area contributed by atoms with Gasteiger partial charge >= 0.3 is 5.97 Å². The van der Waals surface area contributed by atoms with Gasteiger partial charge in [0.1, 0.15) is 0 Å². The van der Waals surface area contributed by atoms with E-state index in [1.165, 1.54) is 0 Å². The standard InChI is InChI=1S/C15H22N2O3/c1-10(9-16-4)13(18)17-12-7-5-11(6-8-12)15(2,3)14(19)20/h5-8,10,16H,9H2,1-4H3,(H,17,18)(H,19,20). The molecule has 1 rings (SSSR count). The summed E-state index contributed by atoms with van der Waals surface area (Å²) in [5, 5.41) is 14.9. The second kappa shape index (κ2) is 6.52. The van der Waals surface area contributed by atoms with Gasteiger partial charge in [-0.1, -0.05) is 19.1 Å². The highest BCUT2D eigenvalue weighted by molar-refractivity contribution is 5.92. The summed E-state index contributed by atoms with van der Waals surface area (Å²) >= 11 is 0. The minimum Gasteiger partial charge on any atom is -0.481 e. The molecular formula is C15H22N2O3. The number of anilines is 1. The topological polar surface area (TPSA) is 78.4 Å². The average molecular weight is 278 g/mol. The van der Waals surface area contributed by atoms with E-state index >= 15 is 0 Å². The van der Waals surface area contributed by atoms with Crippen LogP contribution in [0, 0.1) is 5.92 Å². The first-order chi connectivity index (χ1) is 9.28. The van der Waals surface area contributed by atoms with Crippen molar-refractivity contribution in [3.63, 3.8) is 0 Å². The first kappa shape index (κ1) is 16.2. The van der Waals surface area contributed by atoms with Crippen molar-refractivity contribution in [3.05, 3.63) is 29.8 Å². The van der Waals surface area contributed by atoms with Gasteiger partial charge in [0.15, 0.2) is 0 Å². The van der Waals surface area contributed by atoms with Gasteiger partial charge in [0.2, 0.25) is 5.91 Å². The summed E-state index contributed by atoms with van der Waals surface area (Å²) < 4.78 is 0. The van der Waals surface area contributed by atoms with Gasteiger partial charge in [0.05, 0.1) is 5.41 Å². The summed E-state index contributed by atoms with van der Waals surface area (Å²) in [6.07, 6.45) is 0. The van der Waals surface area contributed by atoms with Crippen molar-refractivity contribution in [1.29, 1.82) is 0 Å². The van der Waals surface area contributed by atoms with Crippen LogP contribution in [0.1, 0.15) is 26.3 Å². The van der Waals surface area contributed by atoms with Crippen molar-refractivity contribution in [2.75, 3.05) is 18.9 Å². The van der Waals surface area contributed by atoms with Crippen LogP contribution in [0.5, 0.6) is 0 Å². The molecule has 0 spiro atoms. The zero-order valence-corrected chi connectivity index (χ0v) is 12.4. The number of amides is 1. The largest absolute Gasteiger partial charge is 0.481 e. The van der Waals surface area contributed by atoms with Gasteiger partial charge in [-0.25, -0.2) is 0 Å². The Morgan fingerprint density at radius 2 is 1.80 bits per heavy atom. The zero-order valence-electron chi connectivity index (χ0n) is 12.4. The highest BCUT2D eigenvalue weighted by Crippen LogP contribution is 2.24. The first-order valence-corrected chi connectivity index (χ1v) is 6.58. The van der Waals surface area contributed by atoms with Crippen molar-refractivity contribution >= 4 is 17.6 Å². The molecule has 0 heterocycles. The van der Waals surface area contributed by atoms with Crippen LogP contribution in [-0.4, -0.2) is 30.6 Å². The fraction of sp³-hybridized carbons (Fsp3) is 0.467. The quantitative estimate of drug-likeness (QED) is 0.742. The van der Waals surface area contributed by atoms with Gasteiger partial charge in [0, 0.05) is 18.2 Å². The molecule has 1 atom stereocenters. The lowest BCUT2D eigenvalue weighted by Gasteiger charge is -2.20. The van der Waals surface area contributed by atoms with E-state index in [9.17, 15) is 9.59 Å². The molecule has 0 aliphatic carbocycles. The first-order valence-electron chi connectivity index (χ1n) is 6.58. The summed E-state index contributed by atoms with van der Waals surface area (Å²) in [5.74, 6) is -1.07. The Bertz CT molecular complexity index is 480. The van der Waals surface area contributed by atoms with Crippen LogP contribution in [0.4, 0.5) is 5.69 Å². The molecule has 0 bridgehead atoms. The highest BCUT2D eigenvalue weighted by atomic mass is 16.4. The molecule has 0 saturated carbocycles. The predicted octanol–water partition coefficient (Wildman–Crippen LogP) is 1.84. The van der Waals surface area contributed by atoms with Gasteiger partial charge in [0.25, 0.3) is 0 Å². The SMILES string of the molecule is CNCC(C)C(=O)Nc1ccc(C(C)(C)C(=O)O)cc1. The molecule has 3 N–H and O–H groups in total. The molecular weight excluding hydrogens is 256 g/mol. The summed E-state index contributed by atoms with van der Waals surface area (Å²) in [4.78, 5) is 23.0. The fourth-order valence-electron chi connectivity index (χ4n) is 1.76. The molecule has 0 aliphatic heterocycles. The van der Waals surface area contributed by atoms with Crippen LogP contribution in [0.2, 0.25) is 0 Å². The second-order valence-corrected chi connectivity index (χ2v) is 5.46. The third-order valence-electron chi connectivity index (χ3n) is 3.37. The molecule has 1 aromatic carbocycles. The van der Waals surface area contributed by atoms with Gasteiger partial charge in [-0.15, -0.1) is 0 Å². The Morgan fingerprint density at radius 1 is 1.25 bits per heavy atom. The maximum Gasteiger partial charge on any atom is 0.313 e. The summed E-state index contributed by atoms with van der Waals surface area (Å²) in [7, 11) is 1.80. The zero-order chi connectivity index (χ0) is 15.3. The van der Waals surface area contributed by atoms with Crippen LogP contribution in [-0.2, 0) is 15.0 Å². The summed E-state index contributed by atoms with van der Waals surface area (Å²) in [6, 6.07) is 6.91. The number of carboxylic acid groups (broad SMARTS) is 1. The van der Waals surface area contributed by atoms with E-state index in [2.05, 4.69) is 10.6 Å². The molecule has 0 aromatic heterocycles. The molecule has 1 unspecified atom stereocenters. The number of benzene rings is 1. The third-order valence-corrected chi connectivity index (χ3v) is 3.37. The average Bonchev–Trinajstić information content (AvgIpc) is 2.39. The Balaban J connectivity index is 2.77. The monoisotopic (exact) mass is 278 g/mol. The molecule has 110 valence electrons. The molecule has 1 aromatic rings. The van der Waals surface area contributed by atoms with Gasteiger partial charge in [-0.05, 0) is 38.6 Å². The lowest BCUT2D eigenvalue weighted by molar-refractivity contribution is -0.142. The second-order valence-electron chi connectivity index (χ2n) is 5.46. The Morgan fingerprint density at radius 3 is 2.25 bits per heavy atom. The molecule has 5 heteroatoms. The van der Waals surface area contributed by atoms with E-state index < -0.39 is 11.4 Å². The smallest absolute Gasteiger partial charge is 0.313 e. The maximum absolute atomic E-state index is 11.8. The summed E-state index contributed by atoms with van der Waals surface area (Å²) in [6.45, 7) is 5.75. The summed E-state index contributed by atoms with van der Waals surface area (Å²) in [5.41, 5.74) is 0.427. The van der Waals surface area contributed by atoms with Gasteiger partial charge in [-0.3, -0.25) is 9.59 Å². The van der Waals surface area contributed by atoms with E-state index in [1.54, 1.807) is 45.2 Å². The number of hydrogen-bond donors (Lipinski definition) is 3. The highest BCUT2D eigenvalue weighted by Gasteiger charge is 2.29. The van der Waals surface area contributed by atoms with Gasteiger partial charge in [-0.2, -0.15) is 0 Å². The van der Waals surface area contributed by atoms with Crippen molar-refractivity contribution in [2.24, 2.45) is 5.92 Å². The number of carbonyl (C=O) groups is 2. The van der Waals surface area contributed by atoms with Crippen molar-refractivity contribution in [2.45, 2.75) is 26.2 Å². The predicted molar refractivity (Wildman–Crippen MR) is 78.8 cm³/mol. The number of nitrogens with one attached hydrogen (secondary N) is 2. The van der Waals surface area contributed by atoms with E-state index in [-0.39, 0.29) is 11.8 Å².